The van der Waals surface area contributed by atoms with Crippen LogP contribution in [-0.4, -0.2) is 39.5 Å². The highest BCUT2D eigenvalue weighted by Crippen LogP contribution is 2.29. The molecule has 1 saturated heterocycles. The molecule has 0 bridgehead atoms. The summed E-state index contributed by atoms with van der Waals surface area (Å²) >= 11 is 6.20. The Morgan fingerprint density at radius 2 is 1.92 bits per heavy atom. The van der Waals surface area contributed by atoms with E-state index in [1.54, 1.807) is 19.1 Å². The van der Waals surface area contributed by atoms with Crippen molar-refractivity contribution in [2.75, 3.05) is 13.2 Å². The minimum Gasteiger partial charge on any atom is -0.376 e. The van der Waals surface area contributed by atoms with Gasteiger partial charge in [0, 0.05) is 18.2 Å². The van der Waals surface area contributed by atoms with Crippen LogP contribution >= 0.6 is 11.6 Å². The second-order valence-corrected chi connectivity index (χ2v) is 8.81. The molecule has 0 radical (unpaired) electrons. The lowest BCUT2D eigenvalue weighted by Gasteiger charge is -2.14. The molecule has 3 aromatic rings. The second kappa shape index (κ2) is 10.3. The van der Waals surface area contributed by atoms with Crippen LogP contribution in [0.2, 0.25) is 5.02 Å². The lowest BCUT2D eigenvalue weighted by atomic mass is 10.1. The van der Waals surface area contributed by atoms with Gasteiger partial charge in [-0.3, -0.25) is 14.2 Å². The van der Waals surface area contributed by atoms with Crippen LogP contribution in [0, 0.1) is 6.92 Å². The Labute approximate surface area is 208 Å². The molecule has 4 rings (SSSR count). The SMILES string of the molecule is Cc1ccc(-n2nc(C(=O)NCC3CCCO3)c(=O)n(Cc3ccc(C(F)(F)F)cc3)c2=O)cc1Cl. The summed E-state index contributed by atoms with van der Waals surface area (Å²) in [6, 6.07) is 8.71. The molecule has 1 aliphatic rings. The zero-order valence-corrected chi connectivity index (χ0v) is 19.9. The molecule has 0 aliphatic carbocycles. The first-order valence-electron chi connectivity index (χ1n) is 11.1. The third kappa shape index (κ3) is 5.52. The molecule has 190 valence electrons. The number of amides is 1. The highest BCUT2D eigenvalue weighted by molar-refractivity contribution is 6.31. The van der Waals surface area contributed by atoms with Crippen LogP contribution in [0.25, 0.3) is 5.69 Å². The second-order valence-electron chi connectivity index (χ2n) is 8.41. The average Bonchev–Trinajstić information content (AvgIpc) is 3.36. The average molecular weight is 523 g/mol. The van der Waals surface area contributed by atoms with Crippen LogP contribution in [0.4, 0.5) is 13.2 Å². The van der Waals surface area contributed by atoms with E-state index in [4.69, 9.17) is 16.3 Å². The molecule has 1 fully saturated rings. The third-order valence-corrected chi connectivity index (χ3v) is 6.22. The number of benzene rings is 2. The van der Waals surface area contributed by atoms with Crippen molar-refractivity contribution in [3.63, 3.8) is 0 Å². The summed E-state index contributed by atoms with van der Waals surface area (Å²) in [4.78, 5) is 39.3. The lowest BCUT2D eigenvalue weighted by molar-refractivity contribution is -0.137. The van der Waals surface area contributed by atoms with Gasteiger partial charge in [-0.05, 0) is 55.2 Å². The number of nitrogens with one attached hydrogen (secondary N) is 1. The number of aromatic nitrogens is 3. The van der Waals surface area contributed by atoms with Crippen LogP contribution in [0.5, 0.6) is 0 Å². The van der Waals surface area contributed by atoms with Gasteiger partial charge < -0.3 is 10.1 Å². The fourth-order valence-electron chi connectivity index (χ4n) is 3.76. The van der Waals surface area contributed by atoms with Gasteiger partial charge in [-0.25, -0.2) is 4.79 Å². The summed E-state index contributed by atoms with van der Waals surface area (Å²) < 4.78 is 45.9. The van der Waals surface area contributed by atoms with Crippen molar-refractivity contribution >= 4 is 17.5 Å². The summed E-state index contributed by atoms with van der Waals surface area (Å²) in [7, 11) is 0. The molecule has 1 N–H and O–H groups in total. The van der Waals surface area contributed by atoms with Gasteiger partial charge in [0.2, 0.25) is 5.69 Å². The third-order valence-electron chi connectivity index (χ3n) is 5.81. The monoisotopic (exact) mass is 522 g/mol. The molecule has 8 nitrogen and oxygen atoms in total. The predicted octanol–water partition coefficient (Wildman–Crippen LogP) is 3.33. The number of rotatable bonds is 6. The maximum absolute atomic E-state index is 13.2. The zero-order valence-electron chi connectivity index (χ0n) is 19.1. The van der Waals surface area contributed by atoms with Crippen molar-refractivity contribution < 1.29 is 22.7 Å². The molecule has 0 spiro atoms. The van der Waals surface area contributed by atoms with E-state index in [-0.39, 0.29) is 30.4 Å². The molecule has 2 aromatic carbocycles. The Morgan fingerprint density at radius 1 is 1.19 bits per heavy atom. The van der Waals surface area contributed by atoms with Crippen molar-refractivity contribution in [2.45, 2.75) is 38.6 Å². The molecule has 1 aromatic heterocycles. The van der Waals surface area contributed by atoms with Crippen LogP contribution in [-0.2, 0) is 17.5 Å². The van der Waals surface area contributed by atoms with E-state index in [9.17, 15) is 27.6 Å². The van der Waals surface area contributed by atoms with E-state index in [1.807, 2.05) is 0 Å². The van der Waals surface area contributed by atoms with E-state index in [0.717, 1.165) is 39.8 Å². The zero-order chi connectivity index (χ0) is 26.0. The molecule has 1 unspecified atom stereocenters. The van der Waals surface area contributed by atoms with Gasteiger partial charge in [-0.2, -0.15) is 23.0 Å². The molecular formula is C24H22ClF3N4O4. The van der Waals surface area contributed by atoms with E-state index < -0.39 is 34.6 Å². The molecule has 1 amide bonds. The largest absolute Gasteiger partial charge is 0.416 e. The van der Waals surface area contributed by atoms with E-state index in [0.29, 0.717) is 11.6 Å². The maximum atomic E-state index is 13.2. The molecule has 2 heterocycles. The number of aryl methyl sites for hydroxylation is 1. The van der Waals surface area contributed by atoms with Crippen molar-refractivity contribution in [1.82, 2.24) is 19.7 Å². The van der Waals surface area contributed by atoms with Crippen molar-refractivity contribution in [1.29, 1.82) is 0 Å². The smallest absolute Gasteiger partial charge is 0.376 e. The fourth-order valence-corrected chi connectivity index (χ4v) is 3.93. The number of carbonyl (C=O) groups is 1. The number of carbonyl (C=O) groups excluding carboxylic acids is 1. The van der Waals surface area contributed by atoms with Gasteiger partial charge in [-0.1, -0.05) is 29.8 Å². The van der Waals surface area contributed by atoms with Crippen molar-refractivity contribution in [3.05, 3.63) is 90.7 Å². The van der Waals surface area contributed by atoms with Gasteiger partial charge >= 0.3 is 11.9 Å². The van der Waals surface area contributed by atoms with Crippen molar-refractivity contribution in [2.24, 2.45) is 0 Å². The number of hydrogen-bond acceptors (Lipinski definition) is 5. The van der Waals surface area contributed by atoms with Crippen LogP contribution in [0.15, 0.2) is 52.1 Å². The summed E-state index contributed by atoms with van der Waals surface area (Å²) in [5.74, 6) is -0.802. The number of ether oxygens (including phenoxy) is 1. The standard InChI is InChI=1S/C24H22ClF3N4O4/c1-14-4-9-17(11-19(14)25)32-23(35)31(13-15-5-7-16(8-6-15)24(26,27)28)22(34)20(30-32)21(33)29-12-18-3-2-10-36-18/h4-9,11,18H,2-3,10,12-13H2,1H3,(H,29,33). The maximum Gasteiger partial charge on any atom is 0.416 e. The van der Waals surface area contributed by atoms with Gasteiger partial charge in [0.05, 0.1) is 23.9 Å². The molecule has 1 aliphatic heterocycles. The summed E-state index contributed by atoms with van der Waals surface area (Å²) in [5.41, 5.74) is -2.06. The topological polar surface area (TPSA) is 95.2 Å². The first kappa shape index (κ1) is 25.6. The molecular weight excluding hydrogens is 501 g/mol. The quantitative estimate of drug-likeness (QED) is 0.536. The van der Waals surface area contributed by atoms with E-state index in [2.05, 4.69) is 10.4 Å². The van der Waals surface area contributed by atoms with Crippen LogP contribution < -0.4 is 16.6 Å². The van der Waals surface area contributed by atoms with Crippen LogP contribution in [0.3, 0.4) is 0 Å². The highest BCUT2D eigenvalue weighted by atomic mass is 35.5. The fraction of sp³-hybridized carbons (Fsp3) is 0.333. The van der Waals surface area contributed by atoms with E-state index >= 15 is 0 Å². The van der Waals surface area contributed by atoms with Crippen LogP contribution in [0.1, 0.15) is 40.0 Å². The predicted molar refractivity (Wildman–Crippen MR) is 126 cm³/mol. The Balaban J connectivity index is 1.76. The Bertz CT molecular complexity index is 1390. The number of nitrogens with zero attached hydrogens (tertiary/aromatic N) is 3. The first-order chi connectivity index (χ1) is 17.0. The Hall–Kier alpha value is -3.44. The normalized spacial score (nSPS) is 15.8. The van der Waals surface area contributed by atoms with Gasteiger partial charge in [-0.15, -0.1) is 0 Å². The first-order valence-corrected chi connectivity index (χ1v) is 11.5. The number of alkyl halides is 3. The number of halogens is 4. The summed E-state index contributed by atoms with van der Waals surface area (Å²) in [6.45, 7) is 2.13. The molecule has 0 saturated carbocycles. The number of hydrogen-bond donors (Lipinski definition) is 1. The Kier molecular flexibility index (Phi) is 7.32. The summed E-state index contributed by atoms with van der Waals surface area (Å²) in [5, 5.41) is 6.97. The molecule has 12 heteroatoms. The summed E-state index contributed by atoms with van der Waals surface area (Å²) in [6.07, 6.45) is -3.10. The highest BCUT2D eigenvalue weighted by Gasteiger charge is 2.30. The van der Waals surface area contributed by atoms with Gasteiger partial charge in [0.1, 0.15) is 0 Å². The van der Waals surface area contributed by atoms with Gasteiger partial charge in [0.25, 0.3) is 11.5 Å². The molecule has 1 atom stereocenters. The molecule has 36 heavy (non-hydrogen) atoms. The van der Waals surface area contributed by atoms with E-state index in [1.165, 1.54) is 18.2 Å². The van der Waals surface area contributed by atoms with Crippen molar-refractivity contribution in [3.8, 4) is 5.69 Å². The Morgan fingerprint density at radius 3 is 2.53 bits per heavy atom. The minimum atomic E-state index is -4.53. The minimum absolute atomic E-state index is 0.161. The van der Waals surface area contributed by atoms with Gasteiger partial charge in [0.15, 0.2) is 0 Å². The lowest BCUT2D eigenvalue weighted by Crippen LogP contribution is -2.46.